The van der Waals surface area contributed by atoms with Gasteiger partial charge in [0.2, 0.25) is 0 Å². The fourth-order valence-electron chi connectivity index (χ4n) is 4.09. The number of hydrogen-bond donors (Lipinski definition) is 2. The molecule has 0 amide bonds. The zero-order valence-electron chi connectivity index (χ0n) is 16.1. The highest BCUT2D eigenvalue weighted by molar-refractivity contribution is 5.69. The molecule has 2 N–H and O–H groups in total. The van der Waals surface area contributed by atoms with E-state index in [4.69, 9.17) is 15.3 Å². The summed E-state index contributed by atoms with van der Waals surface area (Å²) in [6.07, 6.45) is 4.92. The molecule has 0 aromatic heterocycles. The van der Waals surface area contributed by atoms with E-state index in [-0.39, 0.29) is 11.3 Å². The standard InChI is InChI=1S/C21H24N6O/c1-28-20-12-17(2-3-18(20)26-19(15-24)16(13-22)14-23)27-10-6-21(7-11-27)4-8-25-9-5-21/h2-3,12,25-26H,4-11H2,1H3. The molecule has 3 rings (SSSR count). The molecule has 0 saturated carbocycles. The second kappa shape index (κ2) is 8.65. The van der Waals surface area contributed by atoms with E-state index in [1.165, 1.54) is 25.7 Å². The van der Waals surface area contributed by atoms with Crippen molar-refractivity contribution in [2.24, 2.45) is 5.41 Å². The van der Waals surface area contributed by atoms with Crippen molar-refractivity contribution < 1.29 is 4.74 Å². The number of allylic oxidation sites excluding steroid dienone is 2. The first-order chi connectivity index (χ1) is 13.6. The summed E-state index contributed by atoms with van der Waals surface area (Å²) in [6.45, 7) is 4.28. The molecule has 0 radical (unpaired) electrons. The van der Waals surface area contributed by atoms with E-state index in [2.05, 4.69) is 15.5 Å². The van der Waals surface area contributed by atoms with Crippen LogP contribution in [0.25, 0.3) is 0 Å². The molecule has 28 heavy (non-hydrogen) atoms. The van der Waals surface area contributed by atoms with Gasteiger partial charge in [0.25, 0.3) is 0 Å². The highest BCUT2D eigenvalue weighted by Gasteiger charge is 2.35. The molecule has 2 saturated heterocycles. The third kappa shape index (κ3) is 4.03. The molecule has 0 unspecified atom stereocenters. The summed E-state index contributed by atoms with van der Waals surface area (Å²) < 4.78 is 5.48. The van der Waals surface area contributed by atoms with Crippen LogP contribution in [0.2, 0.25) is 0 Å². The van der Waals surface area contributed by atoms with Gasteiger partial charge in [0, 0.05) is 24.8 Å². The maximum atomic E-state index is 9.24. The van der Waals surface area contributed by atoms with Crippen LogP contribution >= 0.6 is 0 Å². The van der Waals surface area contributed by atoms with Gasteiger partial charge in [0.1, 0.15) is 29.7 Å². The van der Waals surface area contributed by atoms with Crippen LogP contribution < -0.4 is 20.3 Å². The van der Waals surface area contributed by atoms with Crippen molar-refractivity contribution in [3.8, 4) is 24.0 Å². The molecule has 2 heterocycles. The van der Waals surface area contributed by atoms with Gasteiger partial charge in [-0.3, -0.25) is 0 Å². The van der Waals surface area contributed by atoms with Crippen LogP contribution in [0.5, 0.6) is 5.75 Å². The van der Waals surface area contributed by atoms with Gasteiger partial charge >= 0.3 is 0 Å². The second-order valence-corrected chi connectivity index (χ2v) is 7.33. The number of nitriles is 3. The highest BCUT2D eigenvalue weighted by atomic mass is 16.5. The summed E-state index contributed by atoms with van der Waals surface area (Å²) in [6, 6.07) is 11.1. The van der Waals surface area contributed by atoms with Gasteiger partial charge in [-0.2, -0.15) is 15.8 Å². The predicted molar refractivity (Wildman–Crippen MR) is 106 cm³/mol. The summed E-state index contributed by atoms with van der Waals surface area (Å²) >= 11 is 0. The van der Waals surface area contributed by atoms with Crippen molar-refractivity contribution in [3.05, 3.63) is 29.5 Å². The van der Waals surface area contributed by atoms with Crippen molar-refractivity contribution in [3.63, 3.8) is 0 Å². The van der Waals surface area contributed by atoms with Gasteiger partial charge in [0.05, 0.1) is 12.8 Å². The van der Waals surface area contributed by atoms with E-state index in [9.17, 15) is 5.26 Å². The second-order valence-electron chi connectivity index (χ2n) is 7.33. The zero-order valence-corrected chi connectivity index (χ0v) is 16.1. The van der Waals surface area contributed by atoms with Gasteiger partial charge in [-0.25, -0.2) is 0 Å². The van der Waals surface area contributed by atoms with Gasteiger partial charge in [-0.1, -0.05) is 0 Å². The Bertz CT molecular complexity index is 854. The van der Waals surface area contributed by atoms with Crippen molar-refractivity contribution in [2.45, 2.75) is 25.7 Å². The van der Waals surface area contributed by atoms with Crippen molar-refractivity contribution in [1.29, 1.82) is 15.8 Å². The predicted octanol–water partition coefficient (Wildman–Crippen LogP) is 2.90. The molecule has 1 aromatic rings. The Hall–Kier alpha value is -3.21. The third-order valence-corrected chi connectivity index (χ3v) is 5.88. The topological polar surface area (TPSA) is 108 Å². The van der Waals surface area contributed by atoms with Gasteiger partial charge in [-0.15, -0.1) is 0 Å². The van der Waals surface area contributed by atoms with Gasteiger partial charge in [-0.05, 0) is 56.3 Å². The quantitative estimate of drug-likeness (QED) is 0.778. The Morgan fingerprint density at radius 2 is 1.75 bits per heavy atom. The van der Waals surface area contributed by atoms with Crippen LogP contribution in [0.3, 0.4) is 0 Å². The maximum absolute atomic E-state index is 9.24. The van der Waals surface area contributed by atoms with E-state index >= 15 is 0 Å². The molecule has 2 aliphatic rings. The molecule has 0 aliphatic carbocycles. The van der Waals surface area contributed by atoms with Crippen LogP contribution in [0.1, 0.15) is 25.7 Å². The van der Waals surface area contributed by atoms with Crippen LogP contribution in [0, 0.1) is 39.4 Å². The first-order valence-electron chi connectivity index (χ1n) is 9.50. The fourth-order valence-corrected chi connectivity index (χ4v) is 4.09. The molecule has 144 valence electrons. The molecule has 2 fully saturated rings. The molecular formula is C21H24N6O. The molecule has 1 spiro atoms. The number of hydrogen-bond acceptors (Lipinski definition) is 7. The number of ether oxygens (including phenoxy) is 1. The third-order valence-electron chi connectivity index (χ3n) is 5.88. The van der Waals surface area contributed by atoms with Crippen LogP contribution in [-0.2, 0) is 0 Å². The average Bonchev–Trinajstić information content (AvgIpc) is 2.75. The number of nitrogens with zero attached hydrogens (tertiary/aromatic N) is 4. The van der Waals surface area contributed by atoms with Gasteiger partial charge in [0.15, 0.2) is 5.57 Å². The Kier molecular flexibility index (Phi) is 6.04. The Morgan fingerprint density at radius 3 is 2.32 bits per heavy atom. The summed E-state index contributed by atoms with van der Waals surface area (Å²) in [4.78, 5) is 2.37. The van der Waals surface area contributed by atoms with E-state index in [1.54, 1.807) is 19.2 Å². The van der Waals surface area contributed by atoms with Crippen molar-refractivity contribution >= 4 is 11.4 Å². The smallest absolute Gasteiger partial charge is 0.163 e. The highest BCUT2D eigenvalue weighted by Crippen LogP contribution is 2.41. The van der Waals surface area contributed by atoms with Crippen LogP contribution in [0.15, 0.2) is 29.5 Å². The molecule has 7 heteroatoms. The van der Waals surface area contributed by atoms with Gasteiger partial charge < -0.3 is 20.3 Å². The number of benzene rings is 1. The molecule has 2 aliphatic heterocycles. The molecule has 0 atom stereocenters. The molecule has 1 aromatic carbocycles. The lowest BCUT2D eigenvalue weighted by Gasteiger charge is -2.45. The lowest BCUT2D eigenvalue weighted by Crippen LogP contribution is -2.45. The molecule has 0 bridgehead atoms. The number of nitrogens with one attached hydrogen (secondary N) is 2. The Morgan fingerprint density at radius 1 is 1.07 bits per heavy atom. The first kappa shape index (κ1) is 19.5. The summed E-state index contributed by atoms with van der Waals surface area (Å²) in [5.74, 6) is 0.572. The monoisotopic (exact) mass is 376 g/mol. The van der Waals surface area contributed by atoms with E-state index in [1.807, 2.05) is 24.3 Å². The number of piperidine rings is 2. The largest absolute Gasteiger partial charge is 0.494 e. The van der Waals surface area contributed by atoms with Crippen molar-refractivity contribution in [2.75, 3.05) is 43.5 Å². The Balaban J connectivity index is 1.75. The van der Waals surface area contributed by atoms with Crippen LogP contribution in [0.4, 0.5) is 11.4 Å². The van der Waals surface area contributed by atoms with E-state index in [0.29, 0.717) is 16.9 Å². The summed E-state index contributed by atoms with van der Waals surface area (Å²) in [5.41, 5.74) is 1.79. The Labute approximate surface area is 165 Å². The molecular weight excluding hydrogens is 352 g/mol. The minimum Gasteiger partial charge on any atom is -0.494 e. The van der Waals surface area contributed by atoms with E-state index < -0.39 is 0 Å². The number of rotatable bonds is 4. The van der Waals surface area contributed by atoms with E-state index in [0.717, 1.165) is 31.9 Å². The average molecular weight is 376 g/mol. The fraction of sp³-hybridized carbons (Fsp3) is 0.476. The zero-order chi connectivity index (χ0) is 20.0. The minimum absolute atomic E-state index is 0.0816. The lowest BCUT2D eigenvalue weighted by atomic mass is 9.71. The number of methoxy groups -OCH3 is 1. The summed E-state index contributed by atoms with van der Waals surface area (Å²) in [7, 11) is 1.57. The summed E-state index contributed by atoms with van der Waals surface area (Å²) in [5, 5.41) is 33.5. The van der Waals surface area contributed by atoms with Crippen molar-refractivity contribution in [1.82, 2.24) is 5.32 Å². The SMILES string of the molecule is COc1cc(N2CCC3(CCNCC3)CC2)ccc1NC(C#N)=C(C#N)C#N. The number of anilines is 2. The van der Waals surface area contributed by atoms with Crippen LogP contribution in [-0.4, -0.2) is 33.3 Å². The normalized spacial score (nSPS) is 17.7. The first-order valence-corrected chi connectivity index (χ1v) is 9.50. The molecule has 7 nitrogen and oxygen atoms in total. The maximum Gasteiger partial charge on any atom is 0.163 e. The lowest BCUT2D eigenvalue weighted by molar-refractivity contribution is 0.155. The minimum atomic E-state index is -0.253.